The number of rotatable bonds is 2. The molecular formula is C16H15BN2. The summed E-state index contributed by atoms with van der Waals surface area (Å²) in [6.45, 7) is 2.10. The average molecular weight is 246 g/mol. The lowest BCUT2D eigenvalue weighted by Crippen LogP contribution is -2.06. The maximum Gasteiger partial charge on any atom is 0.139 e. The van der Waals surface area contributed by atoms with Gasteiger partial charge in [-0.15, -0.1) is 0 Å². The molecule has 2 N–H and O–H groups in total. The Bertz CT molecular complexity index is 682. The van der Waals surface area contributed by atoms with E-state index in [4.69, 9.17) is 11.0 Å². The summed E-state index contributed by atoms with van der Waals surface area (Å²) >= 11 is 0. The molecule has 2 rings (SSSR count). The van der Waals surface area contributed by atoms with Crippen molar-refractivity contribution < 1.29 is 0 Å². The van der Waals surface area contributed by atoms with Crippen LogP contribution in [0.5, 0.6) is 0 Å². The lowest BCUT2D eigenvalue weighted by molar-refractivity contribution is 1.48. The Morgan fingerprint density at radius 3 is 2.53 bits per heavy atom. The minimum Gasteiger partial charge on any atom is -0.399 e. The number of nitrogen functional groups attached to an aromatic ring is 1. The summed E-state index contributed by atoms with van der Waals surface area (Å²) in [6.07, 6.45) is 4.00. The number of benzene rings is 2. The van der Waals surface area contributed by atoms with Gasteiger partial charge < -0.3 is 5.73 Å². The summed E-state index contributed by atoms with van der Waals surface area (Å²) < 4.78 is 0. The van der Waals surface area contributed by atoms with Crippen molar-refractivity contribution in [3.05, 3.63) is 58.7 Å². The highest BCUT2D eigenvalue weighted by molar-refractivity contribution is 6.33. The molecule has 2 aromatic carbocycles. The lowest BCUT2D eigenvalue weighted by atomic mass is 9.89. The molecule has 19 heavy (non-hydrogen) atoms. The fourth-order valence-electron chi connectivity index (χ4n) is 1.90. The lowest BCUT2D eigenvalue weighted by Gasteiger charge is -2.02. The molecule has 2 nitrogen and oxygen atoms in total. The summed E-state index contributed by atoms with van der Waals surface area (Å²) in [6, 6.07) is 13.8. The standard InChI is InChI=1S/C16H15BN2/c1-11-2-3-12(9-16(11)17)4-5-13-6-14(10-18)8-15(19)7-13/h2-9H,17,19H2,1H3/b5-4+. The van der Waals surface area contributed by atoms with Crippen LogP contribution in [0.15, 0.2) is 36.4 Å². The Labute approximate surface area is 114 Å². The predicted molar refractivity (Wildman–Crippen MR) is 83.9 cm³/mol. The second-order valence-corrected chi connectivity index (χ2v) is 4.68. The van der Waals surface area contributed by atoms with Crippen molar-refractivity contribution in [1.29, 1.82) is 5.26 Å². The number of hydrogen-bond donors (Lipinski definition) is 1. The highest BCUT2D eigenvalue weighted by Crippen LogP contribution is 2.14. The van der Waals surface area contributed by atoms with E-state index in [1.165, 1.54) is 11.0 Å². The Morgan fingerprint density at radius 2 is 1.84 bits per heavy atom. The molecule has 0 radical (unpaired) electrons. The molecule has 0 heterocycles. The van der Waals surface area contributed by atoms with Gasteiger partial charge in [0, 0.05) is 5.69 Å². The van der Waals surface area contributed by atoms with E-state index < -0.39 is 0 Å². The number of nitrogens with zero attached hydrogens (tertiary/aromatic N) is 1. The number of nitriles is 1. The predicted octanol–water partition coefficient (Wildman–Crippen LogP) is 1.88. The third-order valence-electron chi connectivity index (χ3n) is 3.11. The zero-order valence-electron chi connectivity index (χ0n) is 11.1. The molecule has 0 saturated carbocycles. The van der Waals surface area contributed by atoms with Gasteiger partial charge in [0.15, 0.2) is 0 Å². The molecule has 0 atom stereocenters. The highest BCUT2D eigenvalue weighted by Gasteiger charge is 1.96. The van der Waals surface area contributed by atoms with E-state index in [0.717, 1.165) is 11.1 Å². The molecule has 0 unspecified atom stereocenters. The maximum atomic E-state index is 8.91. The van der Waals surface area contributed by atoms with Crippen LogP contribution in [0.25, 0.3) is 12.2 Å². The first kappa shape index (κ1) is 13.0. The molecule has 0 aliphatic rings. The van der Waals surface area contributed by atoms with Crippen LogP contribution in [-0.4, -0.2) is 7.85 Å². The fraction of sp³-hybridized carbons (Fsp3) is 0.0625. The van der Waals surface area contributed by atoms with Gasteiger partial charge in [0.05, 0.1) is 11.6 Å². The van der Waals surface area contributed by atoms with Crippen molar-refractivity contribution >= 4 is 31.1 Å². The topological polar surface area (TPSA) is 49.8 Å². The van der Waals surface area contributed by atoms with E-state index in [1.807, 2.05) is 24.3 Å². The molecule has 92 valence electrons. The molecule has 0 bridgehead atoms. The third-order valence-corrected chi connectivity index (χ3v) is 3.11. The summed E-state index contributed by atoms with van der Waals surface area (Å²) in [5, 5.41) is 8.91. The van der Waals surface area contributed by atoms with Crippen LogP contribution in [0, 0.1) is 18.3 Å². The van der Waals surface area contributed by atoms with Gasteiger partial charge in [-0.2, -0.15) is 5.26 Å². The highest BCUT2D eigenvalue weighted by atomic mass is 14.5. The molecule has 0 aliphatic carbocycles. The first-order valence-electron chi connectivity index (χ1n) is 6.14. The Balaban J connectivity index is 2.30. The second kappa shape index (κ2) is 5.45. The van der Waals surface area contributed by atoms with Gasteiger partial charge in [0.25, 0.3) is 0 Å². The van der Waals surface area contributed by atoms with E-state index in [9.17, 15) is 0 Å². The molecule has 0 spiro atoms. The molecule has 0 aromatic heterocycles. The molecule has 3 heteroatoms. The van der Waals surface area contributed by atoms with Gasteiger partial charge in [-0.3, -0.25) is 0 Å². The van der Waals surface area contributed by atoms with Crippen molar-refractivity contribution in [1.82, 2.24) is 0 Å². The smallest absolute Gasteiger partial charge is 0.139 e. The van der Waals surface area contributed by atoms with Crippen molar-refractivity contribution in [3.63, 3.8) is 0 Å². The first-order chi connectivity index (χ1) is 9.08. The Kier molecular flexibility index (Phi) is 3.72. The van der Waals surface area contributed by atoms with E-state index in [0.29, 0.717) is 11.3 Å². The number of anilines is 1. The Morgan fingerprint density at radius 1 is 1.11 bits per heavy atom. The Hall–Kier alpha value is -2.47. The number of aryl methyl sites for hydroxylation is 1. The molecule has 0 amide bonds. The van der Waals surface area contributed by atoms with Crippen LogP contribution < -0.4 is 11.2 Å². The van der Waals surface area contributed by atoms with Crippen LogP contribution in [0.2, 0.25) is 0 Å². The second-order valence-electron chi connectivity index (χ2n) is 4.68. The van der Waals surface area contributed by atoms with Crippen LogP contribution >= 0.6 is 0 Å². The van der Waals surface area contributed by atoms with Gasteiger partial charge in [-0.1, -0.05) is 41.4 Å². The van der Waals surface area contributed by atoms with Crippen molar-refractivity contribution in [2.75, 3.05) is 5.73 Å². The molecule has 0 fully saturated rings. The zero-order chi connectivity index (χ0) is 13.8. The van der Waals surface area contributed by atoms with E-state index in [1.54, 1.807) is 6.07 Å². The van der Waals surface area contributed by atoms with Crippen molar-refractivity contribution in [2.45, 2.75) is 6.92 Å². The van der Waals surface area contributed by atoms with Gasteiger partial charge in [0.1, 0.15) is 7.85 Å². The number of hydrogen-bond acceptors (Lipinski definition) is 2. The minimum absolute atomic E-state index is 0.583. The summed E-state index contributed by atoms with van der Waals surface area (Å²) in [5.41, 5.74) is 11.6. The third kappa shape index (κ3) is 3.26. The van der Waals surface area contributed by atoms with Crippen LogP contribution in [0.1, 0.15) is 22.3 Å². The normalized spacial score (nSPS) is 10.5. The van der Waals surface area contributed by atoms with Crippen LogP contribution in [0.3, 0.4) is 0 Å². The number of nitrogens with two attached hydrogens (primary N) is 1. The SMILES string of the molecule is Bc1cc(/C=C/c2cc(N)cc(C#N)c2)ccc1C. The van der Waals surface area contributed by atoms with Gasteiger partial charge in [0.2, 0.25) is 0 Å². The average Bonchev–Trinajstić information content (AvgIpc) is 2.39. The molecular weight excluding hydrogens is 231 g/mol. The molecule has 0 saturated heterocycles. The maximum absolute atomic E-state index is 8.91. The monoisotopic (exact) mass is 246 g/mol. The zero-order valence-corrected chi connectivity index (χ0v) is 11.1. The van der Waals surface area contributed by atoms with Gasteiger partial charge in [-0.05, 0) is 36.2 Å². The van der Waals surface area contributed by atoms with E-state index in [2.05, 4.69) is 39.0 Å². The summed E-state index contributed by atoms with van der Waals surface area (Å²) in [7, 11) is 2.10. The first-order valence-corrected chi connectivity index (χ1v) is 6.14. The van der Waals surface area contributed by atoms with Crippen LogP contribution in [0.4, 0.5) is 5.69 Å². The largest absolute Gasteiger partial charge is 0.399 e. The van der Waals surface area contributed by atoms with Crippen LogP contribution in [-0.2, 0) is 0 Å². The van der Waals surface area contributed by atoms with Crippen molar-refractivity contribution in [2.24, 2.45) is 0 Å². The van der Waals surface area contributed by atoms with E-state index >= 15 is 0 Å². The van der Waals surface area contributed by atoms with Gasteiger partial charge in [-0.25, -0.2) is 0 Å². The molecule has 0 aliphatic heterocycles. The minimum atomic E-state index is 0.583. The fourth-order valence-corrected chi connectivity index (χ4v) is 1.90. The quantitative estimate of drug-likeness (QED) is 0.499. The molecule has 2 aromatic rings. The van der Waals surface area contributed by atoms with Crippen molar-refractivity contribution in [3.8, 4) is 6.07 Å². The van der Waals surface area contributed by atoms with Gasteiger partial charge >= 0.3 is 0 Å². The summed E-state index contributed by atoms with van der Waals surface area (Å²) in [5.74, 6) is 0. The summed E-state index contributed by atoms with van der Waals surface area (Å²) in [4.78, 5) is 0. The van der Waals surface area contributed by atoms with E-state index in [-0.39, 0.29) is 0 Å².